The minimum absolute atomic E-state index is 0.0160. The molecule has 4 atom stereocenters. The van der Waals surface area contributed by atoms with Crippen LogP contribution in [0.5, 0.6) is 11.5 Å². The summed E-state index contributed by atoms with van der Waals surface area (Å²) in [6.07, 6.45) is -4.52. The van der Waals surface area contributed by atoms with Gasteiger partial charge in [0.2, 0.25) is 0 Å². The summed E-state index contributed by atoms with van der Waals surface area (Å²) in [5.74, 6) is 0.820. The quantitative estimate of drug-likeness (QED) is 0.364. The van der Waals surface area contributed by atoms with Gasteiger partial charge in [-0.1, -0.05) is 50.8 Å². The largest absolute Gasteiger partial charge is 0.457 e. The van der Waals surface area contributed by atoms with Crippen molar-refractivity contribution in [3.8, 4) is 17.6 Å². The van der Waals surface area contributed by atoms with Crippen molar-refractivity contribution in [2.45, 2.75) is 31.4 Å². The highest BCUT2D eigenvalue weighted by molar-refractivity contribution is 6.23. The fourth-order valence-corrected chi connectivity index (χ4v) is 4.23. The number of nitriles is 1. The molecule has 1 fully saturated rings. The Morgan fingerprint density at radius 2 is 1.84 bits per heavy atom. The maximum Gasteiger partial charge on any atom is 0.408 e. The predicted octanol–water partition coefficient (Wildman–Crippen LogP) is 6.63. The van der Waals surface area contributed by atoms with E-state index in [1.807, 2.05) is 50.2 Å². The third-order valence-corrected chi connectivity index (χ3v) is 6.43. The molecule has 2 aromatic rings. The molecule has 0 spiro atoms. The highest BCUT2D eigenvalue weighted by Crippen LogP contribution is 2.62. The summed E-state index contributed by atoms with van der Waals surface area (Å²) in [6.45, 7) is 7.79. The molecule has 0 saturated heterocycles. The van der Waals surface area contributed by atoms with Crippen molar-refractivity contribution in [2.75, 3.05) is 6.54 Å². The molecule has 0 heterocycles. The summed E-state index contributed by atoms with van der Waals surface area (Å²) in [7, 11) is 0. The maximum absolute atomic E-state index is 13.0. The van der Waals surface area contributed by atoms with Crippen LogP contribution in [-0.2, 0) is 0 Å². The van der Waals surface area contributed by atoms with E-state index in [0.29, 0.717) is 18.0 Å². The Labute approximate surface area is 185 Å². The zero-order valence-electron chi connectivity index (χ0n) is 17.3. The van der Waals surface area contributed by atoms with Gasteiger partial charge in [0.15, 0.2) is 5.38 Å². The average molecular weight is 449 g/mol. The summed E-state index contributed by atoms with van der Waals surface area (Å²) >= 11 is 5.59. The van der Waals surface area contributed by atoms with E-state index in [2.05, 4.69) is 18.0 Å². The van der Waals surface area contributed by atoms with Crippen molar-refractivity contribution in [1.82, 2.24) is 5.32 Å². The molecule has 2 aromatic carbocycles. The molecule has 164 valence electrons. The van der Waals surface area contributed by atoms with Crippen molar-refractivity contribution in [1.29, 1.82) is 5.26 Å². The van der Waals surface area contributed by atoms with Crippen molar-refractivity contribution >= 4 is 11.6 Å². The van der Waals surface area contributed by atoms with Crippen LogP contribution in [0.15, 0.2) is 66.7 Å². The number of halogens is 4. The zero-order valence-corrected chi connectivity index (χ0v) is 18.0. The minimum atomic E-state index is -4.52. The van der Waals surface area contributed by atoms with Crippen LogP contribution in [0.1, 0.15) is 25.5 Å². The van der Waals surface area contributed by atoms with Gasteiger partial charge in [-0.05, 0) is 52.7 Å². The maximum atomic E-state index is 13.0. The highest BCUT2D eigenvalue weighted by Gasteiger charge is 2.61. The second-order valence-electron chi connectivity index (χ2n) is 8.34. The summed E-state index contributed by atoms with van der Waals surface area (Å²) in [5, 5.41) is 10.8. The van der Waals surface area contributed by atoms with Crippen molar-refractivity contribution < 1.29 is 17.9 Å². The third-order valence-electron chi connectivity index (χ3n) is 5.90. The lowest BCUT2D eigenvalue weighted by Crippen LogP contribution is -2.27. The van der Waals surface area contributed by atoms with Gasteiger partial charge in [0, 0.05) is 6.54 Å². The Morgan fingerprint density at radius 3 is 2.45 bits per heavy atom. The summed E-state index contributed by atoms with van der Waals surface area (Å²) in [6, 6.07) is 18.1. The number of nitrogens with one attached hydrogen (secondary N) is 1. The van der Waals surface area contributed by atoms with Crippen molar-refractivity contribution in [3.63, 3.8) is 0 Å². The van der Waals surface area contributed by atoms with Crippen LogP contribution in [0.25, 0.3) is 0 Å². The number of ether oxygens (including phenoxy) is 1. The van der Waals surface area contributed by atoms with Crippen LogP contribution in [0.2, 0.25) is 0 Å². The Bertz CT molecular complexity index is 969. The molecule has 0 aliphatic heterocycles. The molecule has 1 saturated carbocycles. The van der Waals surface area contributed by atoms with Gasteiger partial charge in [0.1, 0.15) is 17.5 Å². The van der Waals surface area contributed by atoms with Crippen LogP contribution in [0.4, 0.5) is 13.2 Å². The molecule has 0 aromatic heterocycles. The van der Waals surface area contributed by atoms with Gasteiger partial charge in [0.05, 0.1) is 6.07 Å². The van der Waals surface area contributed by atoms with Crippen LogP contribution in [0, 0.1) is 28.6 Å². The van der Waals surface area contributed by atoms with Gasteiger partial charge in [-0.15, -0.1) is 11.6 Å². The first-order valence-corrected chi connectivity index (χ1v) is 10.3. The Kier molecular flexibility index (Phi) is 6.68. The zero-order chi connectivity index (χ0) is 22.8. The fourth-order valence-electron chi connectivity index (χ4n) is 4.09. The Hall–Kier alpha value is -2.49. The fraction of sp³-hybridized carbons (Fsp3) is 0.375. The summed E-state index contributed by atoms with van der Waals surface area (Å²) in [4.78, 5) is 0. The lowest BCUT2D eigenvalue weighted by atomic mass is 10.0. The van der Waals surface area contributed by atoms with Crippen molar-refractivity contribution in [3.05, 3.63) is 72.3 Å². The average Bonchev–Trinajstić information content (AvgIpc) is 3.28. The van der Waals surface area contributed by atoms with E-state index in [1.54, 1.807) is 18.2 Å². The number of allylic oxidation sites excluding steroid dienone is 1. The van der Waals surface area contributed by atoms with Crippen LogP contribution in [-0.4, -0.2) is 18.1 Å². The number of nitrogens with zero attached hydrogens (tertiary/aromatic N) is 1. The van der Waals surface area contributed by atoms with E-state index in [9.17, 15) is 18.4 Å². The number of rotatable bonds is 8. The lowest BCUT2D eigenvalue weighted by molar-refractivity contribution is -0.124. The van der Waals surface area contributed by atoms with Crippen LogP contribution < -0.4 is 10.1 Å². The molecule has 3 nitrogen and oxygen atoms in total. The monoisotopic (exact) mass is 448 g/mol. The van der Waals surface area contributed by atoms with Gasteiger partial charge >= 0.3 is 6.18 Å². The van der Waals surface area contributed by atoms with Gasteiger partial charge in [-0.3, -0.25) is 5.32 Å². The predicted molar refractivity (Wildman–Crippen MR) is 115 cm³/mol. The molecule has 0 bridgehead atoms. The number of alkyl halides is 4. The number of benzene rings is 2. The molecule has 4 unspecified atom stereocenters. The van der Waals surface area contributed by atoms with E-state index >= 15 is 0 Å². The molecule has 0 radical (unpaired) electrons. The normalized spacial score (nSPS) is 21.6. The molecule has 7 heteroatoms. The van der Waals surface area contributed by atoms with Crippen LogP contribution in [0.3, 0.4) is 0 Å². The molecular weight excluding hydrogens is 425 g/mol. The SMILES string of the molecule is C=C(C(Cl)C(F)(F)F)C1C(CNC(C#N)c2cccc(Oc3ccccc3)c2)C1(C)C. The van der Waals surface area contributed by atoms with E-state index in [1.165, 1.54) is 0 Å². The Morgan fingerprint density at radius 1 is 1.19 bits per heavy atom. The van der Waals surface area contributed by atoms with Gasteiger partial charge in [-0.25, -0.2) is 0 Å². The molecule has 1 aliphatic rings. The summed E-state index contributed by atoms with van der Waals surface area (Å²) < 4.78 is 44.8. The first-order chi connectivity index (χ1) is 14.6. The molecule has 31 heavy (non-hydrogen) atoms. The molecule has 1 aliphatic carbocycles. The van der Waals surface area contributed by atoms with Gasteiger partial charge in [-0.2, -0.15) is 18.4 Å². The second kappa shape index (κ2) is 8.94. The molecule has 3 rings (SSSR count). The lowest BCUT2D eigenvalue weighted by Gasteiger charge is -2.17. The first kappa shape index (κ1) is 23.2. The Balaban J connectivity index is 1.65. The third kappa shape index (κ3) is 5.23. The smallest absolute Gasteiger partial charge is 0.408 e. The van der Waals surface area contributed by atoms with Gasteiger partial charge < -0.3 is 4.74 Å². The number of hydrogen-bond donors (Lipinski definition) is 1. The van der Waals surface area contributed by atoms with Crippen LogP contribution >= 0.6 is 11.6 Å². The van der Waals surface area contributed by atoms with Gasteiger partial charge in [0.25, 0.3) is 0 Å². The van der Waals surface area contributed by atoms with E-state index < -0.39 is 17.6 Å². The topological polar surface area (TPSA) is 45.0 Å². The molecule has 0 amide bonds. The van der Waals surface area contributed by atoms with E-state index in [-0.39, 0.29) is 22.8 Å². The minimum Gasteiger partial charge on any atom is -0.457 e. The summed E-state index contributed by atoms with van der Waals surface area (Å²) in [5.41, 5.74) is 0.328. The second-order valence-corrected chi connectivity index (χ2v) is 8.78. The molecular formula is C24H24ClF3N2O. The van der Waals surface area contributed by atoms with E-state index in [4.69, 9.17) is 16.3 Å². The first-order valence-electron chi connectivity index (χ1n) is 9.91. The van der Waals surface area contributed by atoms with Crippen molar-refractivity contribution in [2.24, 2.45) is 17.3 Å². The number of hydrogen-bond acceptors (Lipinski definition) is 3. The highest BCUT2D eigenvalue weighted by atomic mass is 35.5. The standard InChI is InChI=1S/C24H24ClF3N2O/c1-15(22(25)24(26,27)28)21-19(23(21,2)3)14-30-20(13-29)16-8-7-11-18(12-16)31-17-9-5-4-6-10-17/h4-12,19-22,30H,1,14H2,2-3H3. The number of para-hydroxylation sites is 1. The van der Waals surface area contributed by atoms with E-state index in [0.717, 1.165) is 5.56 Å². The molecule has 1 N–H and O–H groups in total.